The predicted octanol–water partition coefficient (Wildman–Crippen LogP) is 3.31. The van der Waals surface area contributed by atoms with E-state index in [4.69, 9.17) is 4.74 Å². The second-order valence-electron chi connectivity index (χ2n) is 7.48. The van der Waals surface area contributed by atoms with Gasteiger partial charge in [-0.15, -0.1) is 0 Å². The zero-order valence-corrected chi connectivity index (χ0v) is 16.0. The minimum Gasteiger partial charge on any atom is -0.465 e. The van der Waals surface area contributed by atoms with E-state index < -0.39 is 0 Å². The third kappa shape index (κ3) is 3.56. The Bertz CT molecular complexity index is 806. The summed E-state index contributed by atoms with van der Waals surface area (Å²) in [5.74, 6) is -0.381. The van der Waals surface area contributed by atoms with Crippen LogP contribution in [0.4, 0.5) is 11.4 Å². The lowest BCUT2D eigenvalue weighted by atomic mass is 9.89. The topological polar surface area (TPSA) is 72.3 Å². The Morgan fingerprint density at radius 3 is 2.59 bits per heavy atom. The maximum atomic E-state index is 12.0. The van der Waals surface area contributed by atoms with Crippen molar-refractivity contribution < 1.29 is 9.53 Å². The van der Waals surface area contributed by atoms with Gasteiger partial charge in [-0.2, -0.15) is 5.10 Å². The molecule has 0 spiro atoms. The van der Waals surface area contributed by atoms with Crippen LogP contribution in [0.3, 0.4) is 0 Å². The number of nitrogens with one attached hydrogen (secondary N) is 1. The van der Waals surface area contributed by atoms with Gasteiger partial charge in [-0.1, -0.05) is 6.42 Å². The first-order chi connectivity index (χ1) is 13.2. The standard InChI is InChI=1S/C20H27N5O2/c1-14-18(23-19-12-21-9-6-17(19)20(26)27-2)13-22-25(14)16-7-10-24(11-8-16)15-4-3-5-15/h6,9,12-13,15-16,23H,3-5,7-8,10-11H2,1-2H3. The average molecular weight is 369 g/mol. The molecule has 0 amide bonds. The van der Waals surface area contributed by atoms with Gasteiger partial charge >= 0.3 is 5.97 Å². The minimum atomic E-state index is -0.381. The van der Waals surface area contributed by atoms with Gasteiger partial charge in [0.1, 0.15) is 0 Å². The number of ether oxygens (including phenoxy) is 1. The second kappa shape index (κ2) is 7.68. The van der Waals surface area contributed by atoms with Gasteiger partial charge in [0.25, 0.3) is 0 Å². The zero-order valence-electron chi connectivity index (χ0n) is 16.0. The first kappa shape index (κ1) is 18.0. The molecule has 4 rings (SSSR count). The van der Waals surface area contributed by atoms with E-state index in [1.807, 2.05) is 6.20 Å². The summed E-state index contributed by atoms with van der Waals surface area (Å²) in [4.78, 5) is 18.7. The van der Waals surface area contributed by atoms with Gasteiger partial charge < -0.3 is 15.0 Å². The van der Waals surface area contributed by atoms with Crippen LogP contribution in [0.25, 0.3) is 0 Å². The molecule has 2 aliphatic rings. The van der Waals surface area contributed by atoms with Crippen molar-refractivity contribution in [1.29, 1.82) is 0 Å². The van der Waals surface area contributed by atoms with E-state index >= 15 is 0 Å². The number of carbonyl (C=O) groups is 1. The molecule has 0 unspecified atom stereocenters. The fraction of sp³-hybridized carbons (Fsp3) is 0.550. The van der Waals surface area contributed by atoms with Gasteiger partial charge in [0.05, 0.1) is 48.2 Å². The Morgan fingerprint density at radius 1 is 1.15 bits per heavy atom. The Balaban J connectivity index is 1.46. The molecule has 3 heterocycles. The Hall–Kier alpha value is -2.41. The average Bonchev–Trinajstić information content (AvgIpc) is 3.01. The monoisotopic (exact) mass is 369 g/mol. The molecular formula is C20H27N5O2. The molecule has 1 saturated carbocycles. The first-order valence-corrected chi connectivity index (χ1v) is 9.75. The molecule has 2 aromatic heterocycles. The Kier molecular flexibility index (Phi) is 5.11. The molecule has 144 valence electrons. The number of pyridine rings is 1. The van der Waals surface area contributed by atoms with Gasteiger partial charge in [0, 0.05) is 25.3 Å². The zero-order chi connectivity index (χ0) is 18.8. The van der Waals surface area contributed by atoms with Crippen molar-refractivity contribution in [3.8, 4) is 0 Å². The van der Waals surface area contributed by atoms with E-state index in [1.165, 1.54) is 26.4 Å². The summed E-state index contributed by atoms with van der Waals surface area (Å²) in [6.45, 7) is 4.39. The van der Waals surface area contributed by atoms with Crippen molar-refractivity contribution in [3.63, 3.8) is 0 Å². The van der Waals surface area contributed by atoms with Crippen LogP contribution < -0.4 is 5.32 Å². The number of hydrogen-bond acceptors (Lipinski definition) is 6. The molecule has 1 saturated heterocycles. The molecule has 1 N–H and O–H groups in total. The summed E-state index contributed by atoms with van der Waals surface area (Å²) in [5.41, 5.74) is 3.08. The van der Waals surface area contributed by atoms with E-state index in [1.54, 1.807) is 18.5 Å². The fourth-order valence-electron chi connectivity index (χ4n) is 4.09. The number of anilines is 2. The molecule has 0 atom stereocenters. The highest BCUT2D eigenvalue weighted by Gasteiger charge is 2.30. The summed E-state index contributed by atoms with van der Waals surface area (Å²) in [5, 5.41) is 7.94. The number of rotatable bonds is 5. The summed E-state index contributed by atoms with van der Waals surface area (Å²) in [7, 11) is 1.38. The van der Waals surface area contributed by atoms with Crippen LogP contribution >= 0.6 is 0 Å². The maximum absolute atomic E-state index is 12.0. The number of esters is 1. The second-order valence-corrected chi connectivity index (χ2v) is 7.48. The maximum Gasteiger partial charge on any atom is 0.340 e. The van der Waals surface area contributed by atoms with Gasteiger partial charge in [-0.3, -0.25) is 9.67 Å². The Morgan fingerprint density at radius 2 is 1.93 bits per heavy atom. The fourth-order valence-corrected chi connectivity index (χ4v) is 4.09. The first-order valence-electron chi connectivity index (χ1n) is 9.75. The van der Waals surface area contributed by atoms with Crippen LogP contribution in [-0.4, -0.2) is 51.9 Å². The van der Waals surface area contributed by atoms with Gasteiger partial charge in [-0.25, -0.2) is 4.79 Å². The molecule has 7 nitrogen and oxygen atoms in total. The molecule has 2 aromatic rings. The van der Waals surface area contributed by atoms with Crippen LogP contribution in [0.15, 0.2) is 24.7 Å². The summed E-state index contributed by atoms with van der Waals surface area (Å²) < 4.78 is 6.99. The number of hydrogen-bond donors (Lipinski definition) is 1. The third-order valence-corrected chi connectivity index (χ3v) is 5.98. The molecule has 0 radical (unpaired) electrons. The van der Waals surface area contributed by atoms with Gasteiger partial charge in [0.15, 0.2) is 0 Å². The number of methoxy groups -OCH3 is 1. The van der Waals surface area contributed by atoms with Crippen molar-refractivity contribution >= 4 is 17.3 Å². The Labute approximate surface area is 159 Å². The highest BCUT2D eigenvalue weighted by molar-refractivity contribution is 5.96. The largest absolute Gasteiger partial charge is 0.465 e. The van der Waals surface area contributed by atoms with Gasteiger partial charge in [-0.05, 0) is 38.7 Å². The summed E-state index contributed by atoms with van der Waals surface area (Å²) >= 11 is 0. The molecule has 1 aliphatic carbocycles. The van der Waals surface area contributed by atoms with Crippen molar-refractivity contribution in [3.05, 3.63) is 35.9 Å². The molecule has 27 heavy (non-hydrogen) atoms. The van der Waals surface area contributed by atoms with E-state index in [0.29, 0.717) is 17.3 Å². The molecule has 1 aliphatic heterocycles. The predicted molar refractivity (Wildman–Crippen MR) is 103 cm³/mol. The van der Waals surface area contributed by atoms with E-state index in [0.717, 1.165) is 43.4 Å². The quantitative estimate of drug-likeness (QED) is 0.815. The number of aromatic nitrogens is 3. The summed E-state index contributed by atoms with van der Waals surface area (Å²) in [6, 6.07) is 2.92. The highest BCUT2D eigenvalue weighted by atomic mass is 16.5. The number of nitrogens with zero attached hydrogens (tertiary/aromatic N) is 4. The van der Waals surface area contributed by atoms with Crippen molar-refractivity contribution in [2.45, 2.75) is 51.1 Å². The molecule has 7 heteroatoms. The highest BCUT2D eigenvalue weighted by Crippen LogP contribution is 2.32. The van der Waals surface area contributed by atoms with Crippen molar-refractivity contribution in [1.82, 2.24) is 19.7 Å². The number of piperidine rings is 1. The SMILES string of the molecule is COC(=O)c1ccncc1Nc1cnn(C2CCN(C3CCC3)CC2)c1C. The smallest absolute Gasteiger partial charge is 0.340 e. The lowest BCUT2D eigenvalue weighted by Gasteiger charge is -2.41. The lowest BCUT2D eigenvalue weighted by molar-refractivity contribution is 0.0601. The van der Waals surface area contributed by atoms with E-state index in [2.05, 4.69) is 31.9 Å². The molecule has 0 bridgehead atoms. The van der Waals surface area contributed by atoms with Crippen LogP contribution in [0.1, 0.15) is 54.2 Å². The number of likely N-dealkylation sites (tertiary alicyclic amines) is 1. The third-order valence-electron chi connectivity index (χ3n) is 5.98. The minimum absolute atomic E-state index is 0.381. The van der Waals surface area contributed by atoms with Crippen molar-refractivity contribution in [2.75, 3.05) is 25.5 Å². The van der Waals surface area contributed by atoms with Crippen LogP contribution in [-0.2, 0) is 4.74 Å². The molecule has 2 fully saturated rings. The lowest BCUT2D eigenvalue weighted by Crippen LogP contribution is -2.45. The normalized spacial score (nSPS) is 18.9. The van der Waals surface area contributed by atoms with Crippen LogP contribution in [0.2, 0.25) is 0 Å². The molecule has 0 aromatic carbocycles. The molecular weight excluding hydrogens is 342 g/mol. The van der Waals surface area contributed by atoms with E-state index in [9.17, 15) is 4.79 Å². The van der Waals surface area contributed by atoms with Crippen LogP contribution in [0, 0.1) is 6.92 Å². The number of carbonyl (C=O) groups excluding carboxylic acids is 1. The van der Waals surface area contributed by atoms with Crippen molar-refractivity contribution in [2.24, 2.45) is 0 Å². The van der Waals surface area contributed by atoms with E-state index in [-0.39, 0.29) is 5.97 Å². The summed E-state index contributed by atoms with van der Waals surface area (Å²) in [6.07, 6.45) is 11.5. The van der Waals surface area contributed by atoms with Crippen LogP contribution in [0.5, 0.6) is 0 Å². The van der Waals surface area contributed by atoms with Gasteiger partial charge in [0.2, 0.25) is 0 Å².